The topological polar surface area (TPSA) is 55.8 Å². The molecule has 0 saturated carbocycles. The number of rotatable bonds is 8. The lowest BCUT2D eigenvalue weighted by Gasteiger charge is -2.27. The molecule has 0 saturated heterocycles. The quantitative estimate of drug-likeness (QED) is 0.540. The van der Waals surface area contributed by atoms with E-state index in [-0.39, 0.29) is 13.2 Å². The number of thioether (sulfide) groups is 1. The van der Waals surface area contributed by atoms with E-state index in [2.05, 4.69) is 5.92 Å². The number of carbonyl (C=O) groups is 2. The third-order valence-electron chi connectivity index (χ3n) is 3.15. The van der Waals surface area contributed by atoms with Crippen molar-refractivity contribution in [1.29, 1.82) is 0 Å². The van der Waals surface area contributed by atoms with Crippen LogP contribution in [0.25, 0.3) is 0 Å². The second kappa shape index (κ2) is 10.6. The molecule has 0 spiro atoms. The van der Waals surface area contributed by atoms with Gasteiger partial charge in [-0.1, -0.05) is 36.3 Å². The van der Waals surface area contributed by atoms with Crippen molar-refractivity contribution in [3.05, 3.63) is 35.9 Å². The number of ether oxygens (including phenoxy) is 2. The van der Waals surface area contributed by atoms with Gasteiger partial charge in [-0.2, -0.15) is 11.8 Å². The van der Waals surface area contributed by atoms with Crippen LogP contribution in [0.2, 0.25) is 0 Å². The summed E-state index contributed by atoms with van der Waals surface area (Å²) in [5.74, 6) is 2.60. The molecule has 1 aromatic rings. The molecular weight excluding hydrogens is 314 g/mol. The van der Waals surface area contributed by atoms with Crippen LogP contribution in [0.5, 0.6) is 0 Å². The Morgan fingerprint density at radius 2 is 2.04 bits per heavy atom. The Morgan fingerprint density at radius 3 is 2.61 bits per heavy atom. The van der Waals surface area contributed by atoms with E-state index >= 15 is 0 Å². The molecule has 0 fully saturated rings. The van der Waals surface area contributed by atoms with Crippen LogP contribution in [0.4, 0.5) is 4.79 Å². The highest BCUT2D eigenvalue weighted by Crippen LogP contribution is 2.13. The van der Waals surface area contributed by atoms with E-state index in [9.17, 15) is 9.59 Å². The summed E-state index contributed by atoms with van der Waals surface area (Å²) in [7, 11) is 1.29. The Kier molecular flexibility index (Phi) is 8.70. The van der Waals surface area contributed by atoms with Crippen LogP contribution in [0.1, 0.15) is 12.0 Å². The van der Waals surface area contributed by atoms with Crippen molar-refractivity contribution in [3.63, 3.8) is 0 Å². The highest BCUT2D eigenvalue weighted by molar-refractivity contribution is 7.98. The molecule has 23 heavy (non-hydrogen) atoms. The molecule has 0 N–H and O–H groups in total. The molecule has 0 aromatic heterocycles. The van der Waals surface area contributed by atoms with Gasteiger partial charge < -0.3 is 9.47 Å². The molecule has 5 nitrogen and oxygen atoms in total. The summed E-state index contributed by atoms with van der Waals surface area (Å²) in [6, 6.07) is 8.56. The molecular formula is C17H21NO4S. The standard InChI is InChI=1S/C17H21NO4S/c1-4-11-18(15(10-12-23-3)16(19)21-2)17(20)22-13-14-8-6-5-7-9-14/h1,5-9,15H,10-13H2,2-3H3/t15-/m0/s1. The number of terminal acetylenes is 1. The van der Waals surface area contributed by atoms with Crippen LogP contribution in [-0.2, 0) is 20.9 Å². The summed E-state index contributed by atoms with van der Waals surface area (Å²) in [5.41, 5.74) is 0.861. The first kappa shape index (κ1) is 18.9. The van der Waals surface area contributed by atoms with E-state index in [0.717, 1.165) is 5.56 Å². The van der Waals surface area contributed by atoms with Gasteiger partial charge in [0.05, 0.1) is 13.7 Å². The first-order valence-corrected chi connectivity index (χ1v) is 8.51. The lowest BCUT2D eigenvalue weighted by atomic mass is 10.2. The van der Waals surface area contributed by atoms with Crippen LogP contribution >= 0.6 is 11.8 Å². The fraction of sp³-hybridized carbons (Fsp3) is 0.412. The normalized spacial score (nSPS) is 11.2. The van der Waals surface area contributed by atoms with Gasteiger partial charge in [0.25, 0.3) is 0 Å². The van der Waals surface area contributed by atoms with Crippen LogP contribution in [0.15, 0.2) is 30.3 Å². The molecule has 124 valence electrons. The average molecular weight is 335 g/mol. The summed E-state index contributed by atoms with van der Waals surface area (Å²) in [6.07, 6.45) is 7.08. The Labute approximate surface area is 141 Å². The SMILES string of the molecule is C#CCN(C(=O)OCc1ccccc1)[C@@H](CCSC)C(=O)OC. The Bertz CT molecular complexity index is 541. The van der Waals surface area contributed by atoms with Crippen molar-refractivity contribution in [2.45, 2.75) is 19.1 Å². The fourth-order valence-electron chi connectivity index (χ4n) is 1.97. The second-order valence-corrected chi connectivity index (χ2v) is 5.68. The zero-order valence-corrected chi connectivity index (χ0v) is 14.2. The van der Waals surface area contributed by atoms with Crippen molar-refractivity contribution >= 4 is 23.8 Å². The minimum Gasteiger partial charge on any atom is -0.467 e. The number of methoxy groups -OCH3 is 1. The van der Waals surface area contributed by atoms with E-state index in [1.54, 1.807) is 11.8 Å². The molecule has 0 bridgehead atoms. The zero-order valence-electron chi connectivity index (χ0n) is 13.4. The van der Waals surface area contributed by atoms with E-state index in [1.807, 2.05) is 36.6 Å². The maximum Gasteiger partial charge on any atom is 0.411 e. The number of esters is 1. The Hall–Kier alpha value is -2.13. The maximum absolute atomic E-state index is 12.3. The van der Waals surface area contributed by atoms with Crippen LogP contribution < -0.4 is 0 Å². The number of nitrogens with zero attached hydrogens (tertiary/aromatic N) is 1. The second-order valence-electron chi connectivity index (χ2n) is 4.69. The Morgan fingerprint density at radius 1 is 1.35 bits per heavy atom. The van der Waals surface area contributed by atoms with Gasteiger partial charge in [0.2, 0.25) is 0 Å². The predicted octanol–water partition coefficient (Wildman–Crippen LogP) is 2.55. The molecule has 1 atom stereocenters. The summed E-state index contributed by atoms with van der Waals surface area (Å²) < 4.78 is 10.1. The number of benzene rings is 1. The smallest absolute Gasteiger partial charge is 0.411 e. The van der Waals surface area contributed by atoms with E-state index in [1.165, 1.54) is 12.0 Å². The van der Waals surface area contributed by atoms with Crippen molar-refractivity contribution < 1.29 is 19.1 Å². The zero-order chi connectivity index (χ0) is 17.1. The molecule has 0 aliphatic rings. The van der Waals surface area contributed by atoms with E-state index in [0.29, 0.717) is 12.2 Å². The predicted molar refractivity (Wildman–Crippen MR) is 91.0 cm³/mol. The molecule has 0 radical (unpaired) electrons. The van der Waals surface area contributed by atoms with Crippen molar-refractivity contribution in [2.24, 2.45) is 0 Å². The summed E-state index contributed by atoms with van der Waals surface area (Å²) >= 11 is 1.58. The molecule has 0 unspecified atom stereocenters. The van der Waals surface area contributed by atoms with Gasteiger partial charge in [0.1, 0.15) is 12.6 Å². The highest BCUT2D eigenvalue weighted by Gasteiger charge is 2.30. The molecule has 1 amide bonds. The highest BCUT2D eigenvalue weighted by atomic mass is 32.2. The van der Waals surface area contributed by atoms with Crippen LogP contribution in [0.3, 0.4) is 0 Å². The molecule has 0 aliphatic carbocycles. The summed E-state index contributed by atoms with van der Waals surface area (Å²) in [4.78, 5) is 25.5. The molecule has 0 heterocycles. The van der Waals surface area contributed by atoms with Gasteiger partial charge in [-0.15, -0.1) is 6.42 Å². The summed E-state index contributed by atoms with van der Waals surface area (Å²) in [6.45, 7) is 0.110. The first-order chi connectivity index (χ1) is 11.1. The average Bonchev–Trinajstić information content (AvgIpc) is 2.59. The van der Waals surface area contributed by atoms with Gasteiger partial charge in [0.15, 0.2) is 0 Å². The van der Waals surface area contributed by atoms with E-state index < -0.39 is 18.1 Å². The number of hydrogen-bond donors (Lipinski definition) is 0. The molecule has 1 aromatic carbocycles. The van der Waals surface area contributed by atoms with Gasteiger partial charge in [-0.3, -0.25) is 4.90 Å². The minimum atomic E-state index is -0.744. The van der Waals surface area contributed by atoms with Crippen LogP contribution in [-0.4, -0.2) is 48.7 Å². The monoisotopic (exact) mass is 335 g/mol. The minimum absolute atomic E-state index is 0.0121. The van der Waals surface area contributed by atoms with Crippen molar-refractivity contribution in [3.8, 4) is 12.3 Å². The maximum atomic E-state index is 12.3. The number of amides is 1. The lowest BCUT2D eigenvalue weighted by molar-refractivity contribution is -0.146. The molecule has 6 heteroatoms. The Balaban J connectivity index is 2.78. The van der Waals surface area contributed by atoms with Crippen molar-refractivity contribution in [1.82, 2.24) is 4.90 Å². The third-order valence-corrected chi connectivity index (χ3v) is 3.79. The van der Waals surface area contributed by atoms with E-state index in [4.69, 9.17) is 15.9 Å². The summed E-state index contributed by atoms with van der Waals surface area (Å²) in [5, 5.41) is 0. The first-order valence-electron chi connectivity index (χ1n) is 7.11. The van der Waals surface area contributed by atoms with Gasteiger partial charge in [-0.25, -0.2) is 9.59 Å². The number of carbonyl (C=O) groups excluding carboxylic acids is 2. The fourth-order valence-corrected chi connectivity index (χ4v) is 2.43. The third kappa shape index (κ3) is 6.25. The van der Waals surface area contributed by atoms with Gasteiger partial charge in [-0.05, 0) is 24.0 Å². The molecule has 0 aliphatic heterocycles. The lowest BCUT2D eigenvalue weighted by Crippen LogP contribution is -2.46. The van der Waals surface area contributed by atoms with Gasteiger partial charge >= 0.3 is 12.1 Å². The largest absolute Gasteiger partial charge is 0.467 e. The van der Waals surface area contributed by atoms with Crippen molar-refractivity contribution in [2.75, 3.05) is 25.7 Å². The molecule has 1 rings (SSSR count). The van der Waals surface area contributed by atoms with Crippen LogP contribution in [0, 0.1) is 12.3 Å². The number of hydrogen-bond acceptors (Lipinski definition) is 5. The van der Waals surface area contributed by atoms with Gasteiger partial charge in [0, 0.05) is 0 Å².